The molecule has 1 aromatic carbocycles. The first-order chi connectivity index (χ1) is 7.49. The number of hydrogen-bond donors (Lipinski definition) is 0. The molecule has 2 heteroatoms. The summed E-state index contributed by atoms with van der Waals surface area (Å²) >= 11 is 0. The van der Waals surface area contributed by atoms with E-state index in [1.54, 1.807) is 0 Å². The highest BCUT2D eigenvalue weighted by Gasteiger charge is 2.16. The van der Waals surface area contributed by atoms with Gasteiger partial charge in [-0.1, -0.05) is 26.0 Å². The Morgan fingerprint density at radius 3 is 2.44 bits per heavy atom. The second-order valence-electron chi connectivity index (χ2n) is 4.35. The third-order valence-electron chi connectivity index (χ3n) is 2.82. The van der Waals surface area contributed by atoms with E-state index in [0.29, 0.717) is 12.5 Å². The van der Waals surface area contributed by atoms with E-state index in [9.17, 15) is 4.79 Å². The first-order valence-corrected chi connectivity index (χ1v) is 5.76. The fourth-order valence-corrected chi connectivity index (χ4v) is 2.01. The number of benzene rings is 1. The summed E-state index contributed by atoms with van der Waals surface area (Å²) < 4.78 is 5.09. The number of carbonyl (C=O) groups is 1. The lowest BCUT2D eigenvalue weighted by Gasteiger charge is -2.15. The van der Waals surface area contributed by atoms with Crippen molar-refractivity contribution in [2.24, 2.45) is 0 Å². The zero-order chi connectivity index (χ0) is 12.3. The van der Waals surface area contributed by atoms with Crippen molar-refractivity contribution in [1.82, 2.24) is 0 Å². The zero-order valence-electron chi connectivity index (χ0n) is 10.8. The average Bonchev–Trinajstić information content (AvgIpc) is 2.17. The van der Waals surface area contributed by atoms with Crippen molar-refractivity contribution >= 4 is 5.97 Å². The van der Waals surface area contributed by atoms with Crippen molar-refractivity contribution < 1.29 is 9.53 Å². The van der Waals surface area contributed by atoms with Crippen molar-refractivity contribution in [2.45, 2.75) is 40.5 Å². The molecule has 0 fully saturated rings. The highest BCUT2D eigenvalue weighted by atomic mass is 16.5. The smallest absolute Gasteiger partial charge is 0.338 e. The molecule has 0 aliphatic carbocycles. The molecule has 0 bridgehead atoms. The second kappa shape index (κ2) is 5.15. The summed E-state index contributed by atoms with van der Waals surface area (Å²) in [4.78, 5) is 11.8. The van der Waals surface area contributed by atoms with Gasteiger partial charge in [0.1, 0.15) is 0 Å². The molecule has 0 unspecified atom stereocenters. The van der Waals surface area contributed by atoms with Crippen LogP contribution in [0.15, 0.2) is 12.1 Å². The van der Waals surface area contributed by atoms with Crippen molar-refractivity contribution in [2.75, 3.05) is 6.61 Å². The summed E-state index contributed by atoms with van der Waals surface area (Å²) in [6, 6.07) is 4.09. The largest absolute Gasteiger partial charge is 0.462 e. The van der Waals surface area contributed by atoms with E-state index in [-0.39, 0.29) is 5.97 Å². The quantitative estimate of drug-likeness (QED) is 0.727. The molecule has 0 radical (unpaired) electrons. The van der Waals surface area contributed by atoms with Crippen LogP contribution in [0.2, 0.25) is 0 Å². The van der Waals surface area contributed by atoms with Crippen LogP contribution in [0.4, 0.5) is 0 Å². The Morgan fingerprint density at radius 1 is 1.31 bits per heavy atom. The van der Waals surface area contributed by atoms with Gasteiger partial charge in [0.15, 0.2) is 0 Å². The van der Waals surface area contributed by atoms with Gasteiger partial charge < -0.3 is 4.74 Å². The van der Waals surface area contributed by atoms with Crippen LogP contribution < -0.4 is 0 Å². The predicted octanol–water partition coefficient (Wildman–Crippen LogP) is 3.60. The van der Waals surface area contributed by atoms with Crippen LogP contribution in [-0.4, -0.2) is 12.6 Å². The van der Waals surface area contributed by atoms with E-state index in [1.165, 1.54) is 5.56 Å². The maximum Gasteiger partial charge on any atom is 0.338 e. The van der Waals surface area contributed by atoms with Gasteiger partial charge in [0.25, 0.3) is 0 Å². The van der Waals surface area contributed by atoms with Gasteiger partial charge in [0.05, 0.1) is 12.2 Å². The highest BCUT2D eigenvalue weighted by Crippen LogP contribution is 2.25. The van der Waals surface area contributed by atoms with Crippen LogP contribution in [0, 0.1) is 13.8 Å². The molecular weight excluding hydrogens is 200 g/mol. The van der Waals surface area contributed by atoms with Crippen LogP contribution in [-0.2, 0) is 4.74 Å². The molecule has 0 aliphatic heterocycles. The maximum absolute atomic E-state index is 11.8. The lowest BCUT2D eigenvalue weighted by Crippen LogP contribution is -2.11. The van der Waals surface area contributed by atoms with E-state index < -0.39 is 0 Å². The minimum Gasteiger partial charge on any atom is -0.462 e. The number of esters is 1. The van der Waals surface area contributed by atoms with Gasteiger partial charge >= 0.3 is 5.97 Å². The SMILES string of the molecule is CCOC(=O)c1c(C)ccc(C(C)C)c1C. The van der Waals surface area contributed by atoms with Crippen LogP contribution in [0.5, 0.6) is 0 Å². The Balaban J connectivity index is 3.26. The summed E-state index contributed by atoms with van der Waals surface area (Å²) in [6.45, 7) is 10.5. The molecule has 0 amide bonds. The molecule has 0 N–H and O–H groups in total. The van der Waals surface area contributed by atoms with Crippen LogP contribution in [0.25, 0.3) is 0 Å². The van der Waals surface area contributed by atoms with Gasteiger partial charge in [-0.3, -0.25) is 0 Å². The molecular formula is C14H20O2. The lowest BCUT2D eigenvalue weighted by atomic mass is 9.91. The first kappa shape index (κ1) is 12.8. The summed E-state index contributed by atoms with van der Waals surface area (Å²) in [5.41, 5.74) is 3.98. The van der Waals surface area contributed by atoms with E-state index >= 15 is 0 Å². The third kappa shape index (κ3) is 2.43. The van der Waals surface area contributed by atoms with Crippen molar-refractivity contribution in [3.8, 4) is 0 Å². The standard InChI is InChI=1S/C14H20O2/c1-6-16-14(15)13-10(4)7-8-12(9(2)3)11(13)5/h7-9H,6H2,1-5H3. The molecule has 0 saturated carbocycles. The number of carbonyl (C=O) groups excluding carboxylic acids is 1. The molecule has 88 valence electrons. The Kier molecular flexibility index (Phi) is 4.11. The van der Waals surface area contributed by atoms with Gasteiger partial charge in [-0.2, -0.15) is 0 Å². The van der Waals surface area contributed by atoms with Gasteiger partial charge in [-0.15, -0.1) is 0 Å². The number of aryl methyl sites for hydroxylation is 1. The van der Waals surface area contributed by atoms with Crippen LogP contribution >= 0.6 is 0 Å². The molecule has 0 saturated heterocycles. The average molecular weight is 220 g/mol. The minimum atomic E-state index is -0.208. The highest BCUT2D eigenvalue weighted by molar-refractivity contribution is 5.93. The van der Waals surface area contributed by atoms with E-state index in [2.05, 4.69) is 19.9 Å². The van der Waals surface area contributed by atoms with Crippen molar-refractivity contribution in [1.29, 1.82) is 0 Å². The van der Waals surface area contributed by atoms with E-state index in [0.717, 1.165) is 16.7 Å². The Morgan fingerprint density at radius 2 is 1.94 bits per heavy atom. The molecule has 2 nitrogen and oxygen atoms in total. The van der Waals surface area contributed by atoms with Crippen molar-refractivity contribution in [3.05, 3.63) is 34.4 Å². The van der Waals surface area contributed by atoms with E-state index in [4.69, 9.17) is 4.74 Å². The molecule has 1 aromatic rings. The maximum atomic E-state index is 11.8. The molecule has 0 heterocycles. The normalized spacial score (nSPS) is 10.6. The van der Waals surface area contributed by atoms with Crippen molar-refractivity contribution in [3.63, 3.8) is 0 Å². The molecule has 16 heavy (non-hydrogen) atoms. The van der Waals surface area contributed by atoms with Gasteiger partial charge in [-0.25, -0.2) is 4.79 Å². The Labute approximate surface area is 97.6 Å². The Hall–Kier alpha value is -1.31. The van der Waals surface area contributed by atoms with Gasteiger partial charge in [0.2, 0.25) is 0 Å². The van der Waals surface area contributed by atoms with Gasteiger partial charge in [-0.05, 0) is 43.4 Å². The number of ether oxygens (including phenoxy) is 1. The minimum absolute atomic E-state index is 0.208. The zero-order valence-corrected chi connectivity index (χ0v) is 10.8. The predicted molar refractivity (Wildman–Crippen MR) is 66.0 cm³/mol. The fraction of sp³-hybridized carbons (Fsp3) is 0.500. The van der Waals surface area contributed by atoms with Crippen LogP contribution in [0.3, 0.4) is 0 Å². The first-order valence-electron chi connectivity index (χ1n) is 5.76. The Bertz CT molecular complexity index is 392. The third-order valence-corrected chi connectivity index (χ3v) is 2.82. The molecule has 0 atom stereocenters. The number of hydrogen-bond acceptors (Lipinski definition) is 2. The fourth-order valence-electron chi connectivity index (χ4n) is 2.01. The summed E-state index contributed by atoms with van der Waals surface area (Å²) in [5, 5.41) is 0. The number of rotatable bonds is 3. The lowest BCUT2D eigenvalue weighted by molar-refractivity contribution is 0.0524. The van der Waals surface area contributed by atoms with E-state index in [1.807, 2.05) is 26.8 Å². The summed E-state index contributed by atoms with van der Waals surface area (Å²) in [5.74, 6) is 0.216. The monoisotopic (exact) mass is 220 g/mol. The summed E-state index contributed by atoms with van der Waals surface area (Å²) in [6.07, 6.45) is 0. The molecule has 0 aromatic heterocycles. The van der Waals surface area contributed by atoms with Crippen LogP contribution in [0.1, 0.15) is 53.7 Å². The summed E-state index contributed by atoms with van der Waals surface area (Å²) in [7, 11) is 0. The van der Waals surface area contributed by atoms with Gasteiger partial charge in [0, 0.05) is 0 Å². The molecule has 1 rings (SSSR count). The topological polar surface area (TPSA) is 26.3 Å². The second-order valence-corrected chi connectivity index (χ2v) is 4.35. The molecule has 0 aliphatic rings. The molecule has 0 spiro atoms.